The maximum Gasteiger partial charge on any atom is 0.270 e. The minimum Gasteiger partial charge on any atom is -0.398 e. The quantitative estimate of drug-likeness (QED) is 0.758. The van der Waals surface area contributed by atoms with Crippen LogP contribution in [0.5, 0.6) is 0 Å². The highest BCUT2D eigenvalue weighted by Crippen LogP contribution is 2.19. The van der Waals surface area contributed by atoms with E-state index in [-0.39, 0.29) is 11.6 Å². The number of fused-ring (bicyclic) bond motifs is 1. The van der Waals surface area contributed by atoms with E-state index in [4.69, 9.17) is 5.73 Å². The largest absolute Gasteiger partial charge is 0.398 e. The van der Waals surface area contributed by atoms with Gasteiger partial charge in [-0.2, -0.15) is 10.2 Å². The standard InChI is InChI=1S/C15H13N5O/c16-12-8-14(19-13-6-2-1-5-11(12)13)15(21)17-9-10-4-3-7-18-20-10/h1-8H,9H2,(H2,16,19)(H,17,21). The van der Waals surface area contributed by atoms with E-state index >= 15 is 0 Å². The SMILES string of the molecule is Nc1cc(C(=O)NCc2cccnn2)nc2ccccc12. The summed E-state index contributed by atoms with van der Waals surface area (Å²) in [7, 11) is 0. The molecule has 0 saturated carbocycles. The first kappa shape index (κ1) is 13.0. The minimum absolute atomic E-state index is 0.287. The van der Waals surface area contributed by atoms with Gasteiger partial charge in [0.2, 0.25) is 0 Å². The van der Waals surface area contributed by atoms with Gasteiger partial charge in [-0.15, -0.1) is 0 Å². The van der Waals surface area contributed by atoms with Gasteiger partial charge < -0.3 is 11.1 Å². The van der Waals surface area contributed by atoms with E-state index in [0.29, 0.717) is 23.4 Å². The summed E-state index contributed by atoms with van der Waals surface area (Å²) in [5, 5.41) is 11.2. The van der Waals surface area contributed by atoms with Crippen molar-refractivity contribution in [3.05, 3.63) is 60.0 Å². The van der Waals surface area contributed by atoms with E-state index in [1.807, 2.05) is 24.3 Å². The van der Waals surface area contributed by atoms with Crippen LogP contribution in [-0.2, 0) is 6.54 Å². The van der Waals surface area contributed by atoms with Crippen LogP contribution in [0.4, 0.5) is 5.69 Å². The number of nitrogen functional groups attached to an aromatic ring is 1. The van der Waals surface area contributed by atoms with Gasteiger partial charge in [0.05, 0.1) is 17.8 Å². The number of hydrogen-bond donors (Lipinski definition) is 2. The minimum atomic E-state index is -0.293. The number of aromatic nitrogens is 3. The summed E-state index contributed by atoms with van der Waals surface area (Å²) < 4.78 is 0. The number of hydrogen-bond acceptors (Lipinski definition) is 5. The molecule has 6 nitrogen and oxygen atoms in total. The summed E-state index contributed by atoms with van der Waals surface area (Å²) in [6.07, 6.45) is 1.58. The van der Waals surface area contributed by atoms with E-state index in [0.717, 1.165) is 5.39 Å². The van der Waals surface area contributed by atoms with Gasteiger partial charge in [0.25, 0.3) is 5.91 Å². The number of benzene rings is 1. The van der Waals surface area contributed by atoms with Gasteiger partial charge in [0.15, 0.2) is 0 Å². The molecule has 0 saturated heterocycles. The number of carbonyl (C=O) groups is 1. The molecule has 0 bridgehead atoms. The number of nitrogens with one attached hydrogen (secondary N) is 1. The van der Waals surface area contributed by atoms with Crippen LogP contribution >= 0.6 is 0 Å². The molecule has 0 aliphatic heterocycles. The Kier molecular flexibility index (Phi) is 3.42. The van der Waals surface area contributed by atoms with Crippen LogP contribution in [0.25, 0.3) is 10.9 Å². The normalized spacial score (nSPS) is 10.5. The molecule has 0 spiro atoms. The van der Waals surface area contributed by atoms with Crippen molar-refractivity contribution in [2.75, 3.05) is 5.73 Å². The third kappa shape index (κ3) is 2.79. The molecule has 6 heteroatoms. The predicted molar refractivity (Wildman–Crippen MR) is 79.4 cm³/mol. The highest BCUT2D eigenvalue weighted by atomic mass is 16.1. The van der Waals surface area contributed by atoms with Crippen LogP contribution in [-0.4, -0.2) is 21.1 Å². The Morgan fingerprint density at radius 1 is 1.19 bits per heavy atom. The second-order valence-electron chi connectivity index (χ2n) is 4.51. The van der Waals surface area contributed by atoms with Gasteiger partial charge >= 0.3 is 0 Å². The highest BCUT2D eigenvalue weighted by Gasteiger charge is 2.10. The summed E-state index contributed by atoms with van der Waals surface area (Å²) in [6, 6.07) is 12.6. The fourth-order valence-corrected chi connectivity index (χ4v) is 2.01. The summed E-state index contributed by atoms with van der Waals surface area (Å²) in [5.74, 6) is -0.293. The molecule has 0 aliphatic carbocycles. The summed E-state index contributed by atoms with van der Waals surface area (Å²) >= 11 is 0. The first-order chi connectivity index (χ1) is 10.2. The monoisotopic (exact) mass is 279 g/mol. The lowest BCUT2D eigenvalue weighted by Gasteiger charge is -2.07. The number of anilines is 1. The predicted octanol–water partition coefficient (Wildman–Crippen LogP) is 1.54. The van der Waals surface area contributed by atoms with Crippen molar-refractivity contribution in [2.45, 2.75) is 6.54 Å². The van der Waals surface area contributed by atoms with Crippen molar-refractivity contribution in [1.82, 2.24) is 20.5 Å². The van der Waals surface area contributed by atoms with Gasteiger partial charge in [0, 0.05) is 17.3 Å². The van der Waals surface area contributed by atoms with Gasteiger partial charge in [-0.3, -0.25) is 4.79 Å². The Morgan fingerprint density at radius 2 is 2.05 bits per heavy atom. The highest BCUT2D eigenvalue weighted by molar-refractivity contribution is 5.99. The molecule has 2 aromatic heterocycles. The molecule has 0 radical (unpaired) electrons. The second-order valence-corrected chi connectivity index (χ2v) is 4.51. The Morgan fingerprint density at radius 3 is 2.86 bits per heavy atom. The molecule has 3 N–H and O–H groups in total. The number of pyridine rings is 1. The summed E-state index contributed by atoms with van der Waals surface area (Å²) in [5.41, 5.74) is 8.16. The van der Waals surface area contributed by atoms with Crippen LogP contribution in [0.15, 0.2) is 48.7 Å². The zero-order valence-electron chi connectivity index (χ0n) is 11.2. The van der Waals surface area contributed by atoms with Crippen molar-refractivity contribution < 1.29 is 4.79 Å². The Bertz CT molecular complexity index is 788. The molecule has 104 valence electrons. The van der Waals surface area contributed by atoms with E-state index < -0.39 is 0 Å². The third-order valence-corrected chi connectivity index (χ3v) is 3.04. The van der Waals surface area contributed by atoms with Crippen molar-refractivity contribution in [2.24, 2.45) is 0 Å². The van der Waals surface area contributed by atoms with E-state index in [1.165, 1.54) is 0 Å². The third-order valence-electron chi connectivity index (χ3n) is 3.04. The number of para-hydroxylation sites is 1. The van der Waals surface area contributed by atoms with Gasteiger partial charge in [0.1, 0.15) is 5.69 Å². The molecule has 1 amide bonds. The van der Waals surface area contributed by atoms with Crippen LogP contribution in [0.1, 0.15) is 16.2 Å². The number of rotatable bonds is 3. The van der Waals surface area contributed by atoms with Crippen LogP contribution in [0.2, 0.25) is 0 Å². The number of nitrogens with zero attached hydrogens (tertiary/aromatic N) is 3. The smallest absolute Gasteiger partial charge is 0.270 e. The molecule has 3 rings (SSSR count). The van der Waals surface area contributed by atoms with Gasteiger partial charge in [-0.05, 0) is 24.3 Å². The van der Waals surface area contributed by atoms with E-state index in [2.05, 4.69) is 20.5 Å². The Hall–Kier alpha value is -3.02. The molecule has 3 aromatic rings. The fourth-order valence-electron chi connectivity index (χ4n) is 2.01. The summed E-state index contributed by atoms with van der Waals surface area (Å²) in [6.45, 7) is 0.293. The van der Waals surface area contributed by atoms with Crippen molar-refractivity contribution in [3.8, 4) is 0 Å². The topological polar surface area (TPSA) is 93.8 Å². The first-order valence-corrected chi connectivity index (χ1v) is 6.44. The van der Waals surface area contributed by atoms with E-state index in [1.54, 1.807) is 24.4 Å². The van der Waals surface area contributed by atoms with Gasteiger partial charge in [-0.25, -0.2) is 4.98 Å². The molecule has 0 aliphatic rings. The zero-order valence-corrected chi connectivity index (χ0v) is 11.2. The number of nitrogens with two attached hydrogens (primary N) is 1. The Labute approximate surface area is 121 Å². The molecule has 0 unspecified atom stereocenters. The lowest BCUT2D eigenvalue weighted by molar-refractivity contribution is 0.0945. The van der Waals surface area contributed by atoms with Crippen LogP contribution in [0.3, 0.4) is 0 Å². The molecule has 0 fully saturated rings. The number of carbonyl (C=O) groups excluding carboxylic acids is 1. The van der Waals surface area contributed by atoms with Crippen LogP contribution < -0.4 is 11.1 Å². The zero-order chi connectivity index (χ0) is 14.7. The number of amides is 1. The molecule has 2 heterocycles. The Balaban J connectivity index is 1.81. The second kappa shape index (κ2) is 5.54. The average Bonchev–Trinajstić information content (AvgIpc) is 2.53. The molecule has 21 heavy (non-hydrogen) atoms. The van der Waals surface area contributed by atoms with Crippen molar-refractivity contribution in [1.29, 1.82) is 0 Å². The molecule has 0 atom stereocenters. The maximum atomic E-state index is 12.1. The molecular formula is C15H13N5O. The molecule has 1 aromatic carbocycles. The first-order valence-electron chi connectivity index (χ1n) is 6.44. The lowest BCUT2D eigenvalue weighted by Crippen LogP contribution is -2.24. The maximum absolute atomic E-state index is 12.1. The van der Waals surface area contributed by atoms with Crippen LogP contribution in [0, 0.1) is 0 Å². The summed E-state index contributed by atoms with van der Waals surface area (Å²) in [4.78, 5) is 16.5. The fraction of sp³-hybridized carbons (Fsp3) is 0.0667. The van der Waals surface area contributed by atoms with Gasteiger partial charge in [-0.1, -0.05) is 18.2 Å². The lowest BCUT2D eigenvalue weighted by atomic mass is 10.1. The molecular weight excluding hydrogens is 266 g/mol. The van der Waals surface area contributed by atoms with E-state index in [9.17, 15) is 4.79 Å². The van der Waals surface area contributed by atoms with Crippen molar-refractivity contribution >= 4 is 22.5 Å². The van der Waals surface area contributed by atoms with Crippen molar-refractivity contribution in [3.63, 3.8) is 0 Å². The average molecular weight is 279 g/mol.